The van der Waals surface area contributed by atoms with Gasteiger partial charge in [-0.25, -0.2) is 4.98 Å². The summed E-state index contributed by atoms with van der Waals surface area (Å²) in [5, 5.41) is 13.2. The second-order valence-electron chi connectivity index (χ2n) is 3.61. The molecule has 0 aliphatic carbocycles. The Hall–Kier alpha value is -2.31. The van der Waals surface area contributed by atoms with Crippen molar-refractivity contribution in [1.29, 1.82) is 0 Å². The Kier molecular flexibility index (Phi) is 4.91. The summed E-state index contributed by atoms with van der Waals surface area (Å²) in [5.74, 6) is 0.965. The maximum atomic E-state index is 10.4. The van der Waals surface area contributed by atoms with E-state index in [2.05, 4.69) is 10.3 Å². The molecule has 0 aliphatic rings. The molecule has 0 bridgehead atoms. The Morgan fingerprint density at radius 2 is 2.39 bits per heavy atom. The third-order valence-electron chi connectivity index (χ3n) is 2.32. The molecule has 0 aliphatic heterocycles. The number of nitro groups is 1. The van der Waals surface area contributed by atoms with Crippen LogP contribution < -0.4 is 10.1 Å². The molecule has 1 N–H and O–H groups in total. The van der Waals surface area contributed by atoms with Crippen molar-refractivity contribution in [2.24, 2.45) is 0 Å². The van der Waals surface area contributed by atoms with Crippen LogP contribution in [0.4, 0.5) is 0 Å². The van der Waals surface area contributed by atoms with E-state index in [1.807, 2.05) is 6.07 Å². The third kappa shape index (κ3) is 3.93. The molecule has 0 radical (unpaired) electrons. The molecule has 0 unspecified atom stereocenters. The van der Waals surface area contributed by atoms with Crippen LogP contribution in [0.3, 0.4) is 0 Å². The van der Waals surface area contributed by atoms with E-state index in [-0.39, 0.29) is 0 Å². The number of methoxy groups -OCH3 is 1. The van der Waals surface area contributed by atoms with Crippen molar-refractivity contribution in [3.8, 4) is 5.88 Å². The summed E-state index contributed by atoms with van der Waals surface area (Å²) in [6, 6.07) is 3.61. The van der Waals surface area contributed by atoms with Crippen molar-refractivity contribution in [1.82, 2.24) is 15.2 Å². The Morgan fingerprint density at radius 1 is 1.67 bits per heavy atom. The largest absolute Gasteiger partial charge is 0.481 e. The fourth-order valence-corrected chi connectivity index (χ4v) is 1.44. The zero-order chi connectivity index (χ0) is 13.5. The van der Waals surface area contributed by atoms with E-state index in [0.717, 1.165) is 11.8 Å². The molecule has 0 aromatic carbocycles. The van der Waals surface area contributed by atoms with E-state index in [0.29, 0.717) is 18.2 Å². The lowest BCUT2D eigenvalue weighted by atomic mass is 10.2. The Labute approximate surface area is 105 Å². The smallest absolute Gasteiger partial charge is 0.274 e. The lowest BCUT2D eigenvalue weighted by molar-refractivity contribution is -0.404. The number of hydrogen-bond acceptors (Lipinski definition) is 6. The lowest BCUT2D eigenvalue weighted by Crippen LogP contribution is -2.26. The first-order valence-electron chi connectivity index (χ1n) is 5.30. The maximum absolute atomic E-state index is 10.4. The van der Waals surface area contributed by atoms with Gasteiger partial charge in [0.15, 0.2) is 5.82 Å². The van der Waals surface area contributed by atoms with Gasteiger partial charge < -0.3 is 15.0 Å². The van der Waals surface area contributed by atoms with Gasteiger partial charge in [-0.2, -0.15) is 0 Å². The number of rotatable bonds is 6. The first-order chi connectivity index (χ1) is 8.56. The van der Waals surface area contributed by atoms with Crippen molar-refractivity contribution in [2.45, 2.75) is 6.54 Å². The van der Waals surface area contributed by atoms with Crippen LogP contribution >= 0.6 is 0 Å². The molecule has 7 heteroatoms. The predicted molar refractivity (Wildman–Crippen MR) is 66.4 cm³/mol. The quantitative estimate of drug-likeness (QED) is 0.596. The van der Waals surface area contributed by atoms with Gasteiger partial charge in [0.2, 0.25) is 5.88 Å². The first-order valence-corrected chi connectivity index (χ1v) is 5.30. The van der Waals surface area contributed by atoms with Crippen LogP contribution in [-0.4, -0.2) is 36.0 Å². The van der Waals surface area contributed by atoms with Crippen LogP contribution in [0.1, 0.15) is 5.56 Å². The van der Waals surface area contributed by atoms with Gasteiger partial charge in [0.05, 0.1) is 12.0 Å². The van der Waals surface area contributed by atoms with Crippen LogP contribution in [0.5, 0.6) is 5.88 Å². The van der Waals surface area contributed by atoms with E-state index in [4.69, 9.17) is 4.74 Å². The zero-order valence-corrected chi connectivity index (χ0v) is 10.6. The van der Waals surface area contributed by atoms with E-state index in [1.54, 1.807) is 38.4 Å². The van der Waals surface area contributed by atoms with Crippen LogP contribution in [0.15, 0.2) is 30.4 Å². The van der Waals surface area contributed by atoms with Gasteiger partial charge in [0.25, 0.3) is 6.20 Å². The molecule has 0 amide bonds. The van der Waals surface area contributed by atoms with Gasteiger partial charge in [-0.3, -0.25) is 10.1 Å². The molecular formula is C11H16N4O3. The van der Waals surface area contributed by atoms with Crippen LogP contribution in [0.2, 0.25) is 0 Å². The Bertz CT molecular complexity index is 430. The molecule has 0 saturated heterocycles. The average Bonchev–Trinajstić information content (AvgIpc) is 2.36. The fraction of sp³-hybridized carbons (Fsp3) is 0.364. The molecule has 98 valence electrons. The highest BCUT2D eigenvalue weighted by Gasteiger charge is 2.08. The van der Waals surface area contributed by atoms with Gasteiger partial charge in [-0.1, -0.05) is 6.07 Å². The lowest BCUT2D eigenvalue weighted by Gasteiger charge is -2.20. The minimum atomic E-state index is -0.491. The normalized spacial score (nSPS) is 10.9. The van der Waals surface area contributed by atoms with Crippen LogP contribution in [0, 0.1) is 10.1 Å². The molecular weight excluding hydrogens is 236 g/mol. The highest BCUT2D eigenvalue weighted by molar-refractivity contribution is 5.18. The number of hydrogen-bond donors (Lipinski definition) is 1. The molecule has 1 rings (SSSR count). The maximum Gasteiger partial charge on any atom is 0.274 e. The predicted octanol–water partition coefficient (Wildman–Crippen LogP) is 0.817. The number of ether oxygens (including phenoxy) is 1. The van der Waals surface area contributed by atoms with Crippen molar-refractivity contribution < 1.29 is 9.66 Å². The number of nitrogens with one attached hydrogen (secondary N) is 1. The second-order valence-corrected chi connectivity index (χ2v) is 3.61. The van der Waals surface area contributed by atoms with Crippen molar-refractivity contribution in [3.63, 3.8) is 0 Å². The van der Waals surface area contributed by atoms with Crippen molar-refractivity contribution in [2.75, 3.05) is 21.2 Å². The SMILES string of the molecule is CN/C(=C\[N+](=O)[O-])N(C)Cc1ccc(OC)nc1. The topological polar surface area (TPSA) is 80.5 Å². The Morgan fingerprint density at radius 3 is 2.83 bits per heavy atom. The minimum absolute atomic E-state index is 0.427. The summed E-state index contributed by atoms with van der Waals surface area (Å²) in [7, 11) is 4.95. The van der Waals surface area contributed by atoms with Gasteiger partial charge >= 0.3 is 0 Å². The Balaban J connectivity index is 2.73. The monoisotopic (exact) mass is 252 g/mol. The molecule has 1 heterocycles. The summed E-state index contributed by atoms with van der Waals surface area (Å²) in [6.07, 6.45) is 2.60. The highest BCUT2D eigenvalue weighted by Crippen LogP contribution is 2.10. The molecule has 0 spiro atoms. The number of nitrogens with zero attached hydrogens (tertiary/aromatic N) is 3. The third-order valence-corrected chi connectivity index (χ3v) is 2.32. The van der Waals surface area contributed by atoms with E-state index < -0.39 is 4.92 Å². The summed E-state index contributed by atoms with van der Waals surface area (Å²) < 4.78 is 4.96. The molecule has 18 heavy (non-hydrogen) atoms. The standard InChI is InChI=1S/C11H16N4O3/c1-12-10(8-15(16)17)14(2)7-9-4-5-11(18-3)13-6-9/h4-6,8,12H,7H2,1-3H3/b10-8+. The highest BCUT2D eigenvalue weighted by atomic mass is 16.6. The zero-order valence-electron chi connectivity index (χ0n) is 10.6. The second kappa shape index (κ2) is 6.43. The van der Waals surface area contributed by atoms with E-state index in [9.17, 15) is 10.1 Å². The van der Waals surface area contributed by atoms with Gasteiger partial charge in [0, 0.05) is 32.9 Å². The van der Waals surface area contributed by atoms with Gasteiger partial charge in [-0.15, -0.1) is 0 Å². The summed E-state index contributed by atoms with van der Waals surface area (Å²) >= 11 is 0. The summed E-state index contributed by atoms with van der Waals surface area (Å²) in [5.41, 5.74) is 0.933. The van der Waals surface area contributed by atoms with Gasteiger partial charge in [0.1, 0.15) is 0 Å². The summed E-state index contributed by atoms with van der Waals surface area (Å²) in [4.78, 5) is 15.8. The molecule has 0 saturated carbocycles. The molecule has 1 aromatic rings. The minimum Gasteiger partial charge on any atom is -0.481 e. The van der Waals surface area contributed by atoms with Crippen molar-refractivity contribution in [3.05, 3.63) is 46.0 Å². The van der Waals surface area contributed by atoms with Crippen molar-refractivity contribution >= 4 is 0 Å². The van der Waals surface area contributed by atoms with Crippen LogP contribution in [-0.2, 0) is 6.54 Å². The average molecular weight is 252 g/mol. The molecule has 7 nitrogen and oxygen atoms in total. The molecule has 0 atom stereocenters. The van der Waals surface area contributed by atoms with Gasteiger partial charge in [-0.05, 0) is 5.56 Å². The molecule has 0 fully saturated rings. The fourth-order valence-electron chi connectivity index (χ4n) is 1.44. The number of aromatic nitrogens is 1. The van der Waals surface area contributed by atoms with E-state index in [1.165, 1.54) is 0 Å². The first kappa shape index (κ1) is 13.8. The number of pyridine rings is 1. The molecule has 1 aromatic heterocycles. The summed E-state index contributed by atoms with van der Waals surface area (Å²) in [6.45, 7) is 0.511. The van der Waals surface area contributed by atoms with E-state index >= 15 is 0 Å². The van der Waals surface area contributed by atoms with Crippen LogP contribution in [0.25, 0.3) is 0 Å².